The molecule has 86 valence electrons. The van der Waals surface area contributed by atoms with E-state index in [9.17, 15) is 0 Å². The molecule has 0 aromatic heterocycles. The topological polar surface area (TPSA) is 77.8 Å². The summed E-state index contributed by atoms with van der Waals surface area (Å²) >= 11 is 0. The number of terminal acetylenes is 1. The highest BCUT2D eigenvalue weighted by atomic mass is 16.4. The lowest BCUT2D eigenvalue weighted by Gasteiger charge is -2.20. The highest BCUT2D eigenvalue weighted by Crippen LogP contribution is 1.97. The molecule has 2 N–H and O–H groups in total. The first kappa shape index (κ1) is 15.9. The Balaban J connectivity index is 0. The van der Waals surface area contributed by atoms with Crippen LogP contribution in [0.15, 0.2) is 0 Å². The van der Waals surface area contributed by atoms with Crippen molar-refractivity contribution in [2.45, 2.75) is 26.3 Å². The minimum absolute atomic E-state index is 0.612. The number of rotatable bonds is 3. The Bertz CT molecular complexity index is 232. The van der Waals surface area contributed by atoms with Gasteiger partial charge in [0.2, 0.25) is 0 Å². The van der Waals surface area contributed by atoms with Gasteiger partial charge in [0.05, 0.1) is 6.54 Å². The van der Waals surface area contributed by atoms with Crippen molar-refractivity contribution in [3.05, 3.63) is 0 Å². The second-order valence-corrected chi connectivity index (χ2v) is 2.99. The second kappa shape index (κ2) is 9.03. The summed E-state index contributed by atoms with van der Waals surface area (Å²) in [6.45, 7) is 5.10. The molecule has 0 aromatic carbocycles. The fourth-order valence-electron chi connectivity index (χ4n) is 0.612. The van der Waals surface area contributed by atoms with Crippen molar-refractivity contribution in [2.24, 2.45) is 0 Å². The molecule has 0 aliphatic rings. The maximum absolute atomic E-state index is 9.10. The van der Waals surface area contributed by atoms with Gasteiger partial charge < -0.3 is 10.2 Å². The summed E-state index contributed by atoms with van der Waals surface area (Å²) < 4.78 is 0. The van der Waals surface area contributed by atoms with Crippen LogP contribution in [0.1, 0.15) is 20.3 Å². The normalized spacial score (nSPS) is 10.9. The first-order valence-corrected chi connectivity index (χ1v) is 4.46. The molecule has 0 heterocycles. The van der Waals surface area contributed by atoms with Crippen LogP contribution in [0.5, 0.6) is 0 Å². The number of nitrogens with zero attached hydrogens (tertiary/aromatic N) is 1. The van der Waals surface area contributed by atoms with Crippen molar-refractivity contribution in [1.82, 2.24) is 4.90 Å². The molecule has 0 saturated heterocycles. The van der Waals surface area contributed by atoms with E-state index < -0.39 is 11.9 Å². The SMILES string of the molecule is C#CCN(C)[C@@H](C)CC.O=C(O)C(=O)O. The smallest absolute Gasteiger partial charge is 0.414 e. The van der Waals surface area contributed by atoms with E-state index >= 15 is 0 Å². The Morgan fingerprint density at radius 1 is 1.40 bits per heavy atom. The molecule has 0 spiro atoms. The summed E-state index contributed by atoms with van der Waals surface area (Å²) in [6.07, 6.45) is 6.30. The van der Waals surface area contributed by atoms with Gasteiger partial charge in [-0.2, -0.15) is 0 Å². The Morgan fingerprint density at radius 3 is 2.00 bits per heavy atom. The molecule has 0 aliphatic heterocycles. The van der Waals surface area contributed by atoms with E-state index in [0.717, 1.165) is 13.0 Å². The molecule has 0 aromatic rings. The Morgan fingerprint density at radius 2 is 1.80 bits per heavy atom. The lowest BCUT2D eigenvalue weighted by molar-refractivity contribution is -0.159. The Labute approximate surface area is 89.7 Å². The van der Waals surface area contributed by atoms with Crippen LogP contribution in [0.3, 0.4) is 0 Å². The lowest BCUT2D eigenvalue weighted by atomic mass is 10.2. The van der Waals surface area contributed by atoms with Gasteiger partial charge in [-0.25, -0.2) is 9.59 Å². The number of aliphatic carboxylic acids is 2. The molecule has 1 atom stereocenters. The summed E-state index contributed by atoms with van der Waals surface area (Å²) in [5, 5.41) is 14.8. The molecule has 0 amide bonds. The van der Waals surface area contributed by atoms with Crippen LogP contribution >= 0.6 is 0 Å². The van der Waals surface area contributed by atoms with Crippen molar-refractivity contribution in [3.63, 3.8) is 0 Å². The summed E-state index contributed by atoms with van der Waals surface area (Å²) in [6, 6.07) is 0.612. The zero-order chi connectivity index (χ0) is 12.4. The fourth-order valence-corrected chi connectivity index (χ4v) is 0.612. The van der Waals surface area contributed by atoms with Crippen LogP contribution in [0, 0.1) is 12.3 Å². The third-order valence-corrected chi connectivity index (χ3v) is 1.87. The largest absolute Gasteiger partial charge is 0.473 e. The second-order valence-electron chi connectivity index (χ2n) is 2.99. The van der Waals surface area contributed by atoms with Gasteiger partial charge in [0.15, 0.2) is 0 Å². The standard InChI is InChI=1S/C8H15N.C2H2O4/c1-5-7-9(4)8(3)6-2;3-1(4)2(5)6/h1,8H,6-7H2,2-4H3;(H,3,4)(H,5,6)/t8-;/m0./s1. The average molecular weight is 215 g/mol. The number of carboxylic acids is 2. The quantitative estimate of drug-likeness (QED) is 0.529. The average Bonchev–Trinajstić information content (AvgIpc) is 2.17. The number of hydrogen-bond acceptors (Lipinski definition) is 3. The van der Waals surface area contributed by atoms with Gasteiger partial charge in [-0.15, -0.1) is 6.42 Å². The predicted molar refractivity (Wildman–Crippen MR) is 56.5 cm³/mol. The van der Waals surface area contributed by atoms with Gasteiger partial charge in [0, 0.05) is 6.04 Å². The third kappa shape index (κ3) is 10.4. The molecule has 5 heteroatoms. The van der Waals surface area contributed by atoms with Gasteiger partial charge in [-0.05, 0) is 20.4 Å². The molecule has 0 fully saturated rings. The maximum atomic E-state index is 9.10. The Kier molecular flexibility index (Phi) is 9.58. The zero-order valence-corrected chi connectivity index (χ0v) is 9.23. The summed E-state index contributed by atoms with van der Waals surface area (Å²) in [5.41, 5.74) is 0. The van der Waals surface area contributed by atoms with Crippen molar-refractivity contribution >= 4 is 11.9 Å². The van der Waals surface area contributed by atoms with Gasteiger partial charge >= 0.3 is 11.9 Å². The lowest BCUT2D eigenvalue weighted by Crippen LogP contribution is -2.28. The number of carbonyl (C=O) groups is 2. The Hall–Kier alpha value is -1.54. The van der Waals surface area contributed by atoms with E-state index in [1.165, 1.54) is 0 Å². The van der Waals surface area contributed by atoms with Crippen LogP contribution in [-0.4, -0.2) is 46.7 Å². The number of hydrogen-bond donors (Lipinski definition) is 2. The molecule has 0 radical (unpaired) electrons. The van der Waals surface area contributed by atoms with Crippen molar-refractivity contribution in [1.29, 1.82) is 0 Å². The van der Waals surface area contributed by atoms with E-state index in [2.05, 4.69) is 24.7 Å². The van der Waals surface area contributed by atoms with Crippen molar-refractivity contribution < 1.29 is 19.8 Å². The minimum atomic E-state index is -1.82. The first-order chi connectivity index (χ1) is 6.86. The molecule has 0 bridgehead atoms. The van der Waals surface area contributed by atoms with Crippen LogP contribution in [0.2, 0.25) is 0 Å². The third-order valence-electron chi connectivity index (χ3n) is 1.87. The van der Waals surface area contributed by atoms with Crippen LogP contribution in [0.25, 0.3) is 0 Å². The highest BCUT2D eigenvalue weighted by molar-refractivity contribution is 6.27. The van der Waals surface area contributed by atoms with Crippen LogP contribution in [0.4, 0.5) is 0 Å². The van der Waals surface area contributed by atoms with E-state index in [0.29, 0.717) is 6.04 Å². The molecule has 0 aliphatic carbocycles. The van der Waals surface area contributed by atoms with Gasteiger partial charge in [-0.1, -0.05) is 12.8 Å². The fraction of sp³-hybridized carbons (Fsp3) is 0.600. The minimum Gasteiger partial charge on any atom is -0.473 e. The molecule has 0 unspecified atom stereocenters. The van der Waals surface area contributed by atoms with Crippen LogP contribution in [-0.2, 0) is 9.59 Å². The van der Waals surface area contributed by atoms with E-state index in [4.69, 9.17) is 26.2 Å². The van der Waals surface area contributed by atoms with E-state index in [1.54, 1.807) is 0 Å². The molecular formula is C10H17NO4. The summed E-state index contributed by atoms with van der Waals surface area (Å²) in [5.74, 6) is -1.04. The maximum Gasteiger partial charge on any atom is 0.414 e. The van der Waals surface area contributed by atoms with Gasteiger partial charge in [-0.3, -0.25) is 4.90 Å². The van der Waals surface area contributed by atoms with E-state index in [-0.39, 0.29) is 0 Å². The summed E-state index contributed by atoms with van der Waals surface area (Å²) in [7, 11) is 2.05. The molecule has 0 rings (SSSR count). The molecule has 15 heavy (non-hydrogen) atoms. The predicted octanol–water partition coefficient (Wildman–Crippen LogP) is 0.505. The van der Waals surface area contributed by atoms with Gasteiger partial charge in [0.1, 0.15) is 0 Å². The van der Waals surface area contributed by atoms with Crippen molar-refractivity contribution in [3.8, 4) is 12.3 Å². The zero-order valence-electron chi connectivity index (χ0n) is 9.23. The highest BCUT2D eigenvalue weighted by Gasteiger charge is 2.04. The van der Waals surface area contributed by atoms with E-state index in [1.807, 2.05) is 7.05 Å². The molecule has 0 saturated carbocycles. The van der Waals surface area contributed by atoms with Crippen molar-refractivity contribution in [2.75, 3.05) is 13.6 Å². The molecular weight excluding hydrogens is 198 g/mol. The first-order valence-electron chi connectivity index (χ1n) is 4.46. The van der Waals surface area contributed by atoms with Gasteiger partial charge in [0.25, 0.3) is 0 Å². The molecule has 5 nitrogen and oxygen atoms in total. The number of carboxylic acid groups (broad SMARTS) is 2. The summed E-state index contributed by atoms with van der Waals surface area (Å²) in [4.78, 5) is 20.4. The monoisotopic (exact) mass is 215 g/mol. The van der Waals surface area contributed by atoms with Crippen LogP contribution < -0.4 is 0 Å².